The summed E-state index contributed by atoms with van der Waals surface area (Å²) < 4.78 is 3.08. The van der Waals surface area contributed by atoms with Gasteiger partial charge in [0, 0.05) is 24.4 Å². The molecule has 5 rings (SSSR count). The quantitative estimate of drug-likeness (QED) is 0.483. The molecule has 0 amide bonds. The van der Waals surface area contributed by atoms with E-state index in [-0.39, 0.29) is 5.69 Å². The number of nitrogens with zero attached hydrogens (tertiary/aromatic N) is 4. The summed E-state index contributed by atoms with van der Waals surface area (Å²) in [6.45, 7) is 0. The molecular formula is C21H16N4OS. The first-order valence-corrected chi connectivity index (χ1v) is 9.55. The van der Waals surface area contributed by atoms with Crippen molar-refractivity contribution in [2.45, 2.75) is 6.42 Å². The van der Waals surface area contributed by atoms with Crippen molar-refractivity contribution in [3.63, 3.8) is 0 Å². The number of rotatable bonds is 3. The second-order valence-electron chi connectivity index (χ2n) is 6.46. The third-order valence-corrected chi connectivity index (χ3v) is 5.76. The van der Waals surface area contributed by atoms with Crippen molar-refractivity contribution in [1.82, 2.24) is 19.2 Å². The van der Waals surface area contributed by atoms with Gasteiger partial charge in [-0.3, -0.25) is 4.57 Å². The Kier molecular flexibility index (Phi) is 3.65. The lowest BCUT2D eigenvalue weighted by molar-refractivity contribution is 0.764. The predicted molar refractivity (Wildman–Crippen MR) is 108 cm³/mol. The van der Waals surface area contributed by atoms with Crippen molar-refractivity contribution in [2.75, 3.05) is 0 Å². The standard InChI is InChI=1S/C21H16N4OS/c1-24-20-18(16(13-27-20)15-10-6-3-7-11-15)19-22-17(23-25(19)21(24)26)12-14-8-4-2-5-9-14/h2-11,13H,12H2,1H3. The number of benzene rings is 2. The van der Waals surface area contributed by atoms with Crippen LogP contribution in [0.4, 0.5) is 0 Å². The van der Waals surface area contributed by atoms with E-state index in [1.165, 1.54) is 4.52 Å². The lowest BCUT2D eigenvalue weighted by Crippen LogP contribution is -2.25. The van der Waals surface area contributed by atoms with Crippen molar-refractivity contribution >= 4 is 27.2 Å². The topological polar surface area (TPSA) is 52.2 Å². The molecule has 2 aromatic carbocycles. The van der Waals surface area contributed by atoms with Gasteiger partial charge in [0.15, 0.2) is 11.5 Å². The van der Waals surface area contributed by atoms with Gasteiger partial charge in [0.2, 0.25) is 0 Å². The van der Waals surface area contributed by atoms with Gasteiger partial charge in [-0.25, -0.2) is 9.78 Å². The van der Waals surface area contributed by atoms with Gasteiger partial charge in [-0.2, -0.15) is 4.52 Å². The zero-order valence-corrected chi connectivity index (χ0v) is 15.5. The molecule has 0 atom stereocenters. The first-order valence-electron chi connectivity index (χ1n) is 8.67. The zero-order valence-electron chi connectivity index (χ0n) is 14.7. The average molecular weight is 372 g/mol. The number of hydrogen-bond donors (Lipinski definition) is 0. The summed E-state index contributed by atoms with van der Waals surface area (Å²) in [5.41, 5.74) is 3.76. The van der Waals surface area contributed by atoms with Crippen molar-refractivity contribution in [2.24, 2.45) is 7.05 Å². The minimum absolute atomic E-state index is 0.175. The molecule has 5 aromatic rings. The molecule has 0 aliphatic heterocycles. The van der Waals surface area contributed by atoms with Gasteiger partial charge in [0.25, 0.3) is 0 Å². The minimum Gasteiger partial charge on any atom is -0.286 e. The van der Waals surface area contributed by atoms with Crippen molar-refractivity contribution in [1.29, 1.82) is 0 Å². The highest BCUT2D eigenvalue weighted by atomic mass is 32.1. The molecule has 0 radical (unpaired) electrons. The van der Waals surface area contributed by atoms with Crippen LogP contribution in [0.3, 0.4) is 0 Å². The van der Waals surface area contributed by atoms with E-state index >= 15 is 0 Å². The smallest absolute Gasteiger partial charge is 0.286 e. The highest BCUT2D eigenvalue weighted by molar-refractivity contribution is 7.17. The van der Waals surface area contributed by atoms with Gasteiger partial charge in [-0.1, -0.05) is 60.7 Å². The Morgan fingerprint density at radius 2 is 1.70 bits per heavy atom. The van der Waals surface area contributed by atoms with E-state index < -0.39 is 0 Å². The maximum Gasteiger partial charge on any atom is 0.351 e. The fourth-order valence-corrected chi connectivity index (χ4v) is 4.41. The van der Waals surface area contributed by atoms with Crippen LogP contribution in [-0.4, -0.2) is 19.2 Å². The highest BCUT2D eigenvalue weighted by Crippen LogP contribution is 2.35. The molecule has 0 saturated carbocycles. The molecule has 27 heavy (non-hydrogen) atoms. The molecule has 5 nitrogen and oxygen atoms in total. The van der Waals surface area contributed by atoms with Gasteiger partial charge in [0.1, 0.15) is 4.83 Å². The fourth-order valence-electron chi connectivity index (χ4n) is 3.37. The molecule has 6 heteroatoms. The van der Waals surface area contributed by atoms with Crippen LogP contribution >= 0.6 is 11.3 Å². The molecule has 3 aromatic heterocycles. The van der Waals surface area contributed by atoms with E-state index in [0.29, 0.717) is 17.9 Å². The summed E-state index contributed by atoms with van der Waals surface area (Å²) in [6, 6.07) is 20.2. The molecule has 0 spiro atoms. The second kappa shape index (κ2) is 6.17. The summed E-state index contributed by atoms with van der Waals surface area (Å²) in [6.07, 6.45) is 0.595. The van der Waals surface area contributed by atoms with Crippen LogP contribution in [0.5, 0.6) is 0 Å². The molecule has 0 saturated heterocycles. The van der Waals surface area contributed by atoms with Crippen molar-refractivity contribution in [3.05, 3.63) is 87.9 Å². The molecule has 0 unspecified atom stereocenters. The van der Waals surface area contributed by atoms with Crippen LogP contribution in [-0.2, 0) is 13.5 Å². The summed E-state index contributed by atoms with van der Waals surface area (Å²) >= 11 is 1.56. The first-order chi connectivity index (χ1) is 13.2. The number of aryl methyl sites for hydroxylation is 1. The van der Waals surface area contributed by atoms with Gasteiger partial charge in [0.05, 0.1) is 5.39 Å². The largest absolute Gasteiger partial charge is 0.351 e. The SMILES string of the molecule is Cn1c(=O)n2nc(Cc3ccccc3)nc2c2c(-c3ccccc3)csc21. The Balaban J connectivity index is 1.78. The Hall–Kier alpha value is -3.25. The van der Waals surface area contributed by atoms with Crippen molar-refractivity contribution in [3.8, 4) is 11.1 Å². The van der Waals surface area contributed by atoms with Crippen LogP contribution in [0.25, 0.3) is 27.0 Å². The van der Waals surface area contributed by atoms with E-state index in [2.05, 4.69) is 22.6 Å². The summed E-state index contributed by atoms with van der Waals surface area (Å²) in [5, 5.41) is 7.57. The summed E-state index contributed by atoms with van der Waals surface area (Å²) in [4.78, 5) is 18.4. The number of aromatic nitrogens is 4. The Morgan fingerprint density at radius 1 is 1.00 bits per heavy atom. The van der Waals surface area contributed by atoms with E-state index in [4.69, 9.17) is 4.98 Å². The molecule has 3 heterocycles. The Morgan fingerprint density at radius 3 is 2.44 bits per heavy atom. The van der Waals surface area contributed by atoms with E-state index in [9.17, 15) is 4.79 Å². The van der Waals surface area contributed by atoms with Crippen LogP contribution < -0.4 is 5.69 Å². The summed E-state index contributed by atoms with van der Waals surface area (Å²) in [7, 11) is 1.79. The molecule has 0 aliphatic rings. The van der Waals surface area contributed by atoms with E-state index in [1.54, 1.807) is 23.0 Å². The molecule has 0 bridgehead atoms. The lowest BCUT2D eigenvalue weighted by Gasteiger charge is -2.03. The molecule has 132 valence electrons. The van der Waals surface area contributed by atoms with Crippen LogP contribution in [0.1, 0.15) is 11.4 Å². The van der Waals surface area contributed by atoms with Gasteiger partial charge in [-0.15, -0.1) is 16.4 Å². The molecule has 0 N–H and O–H groups in total. The maximum absolute atomic E-state index is 12.8. The Bertz CT molecular complexity index is 1320. The number of hydrogen-bond acceptors (Lipinski definition) is 4. The van der Waals surface area contributed by atoms with E-state index in [1.807, 2.05) is 48.5 Å². The fraction of sp³-hybridized carbons (Fsp3) is 0.0952. The van der Waals surface area contributed by atoms with Gasteiger partial charge < -0.3 is 0 Å². The molecule has 0 fully saturated rings. The van der Waals surface area contributed by atoms with Crippen LogP contribution in [0, 0.1) is 0 Å². The predicted octanol–water partition coefficient (Wildman–Crippen LogP) is 3.90. The molecule has 0 aliphatic carbocycles. The zero-order chi connectivity index (χ0) is 18.4. The van der Waals surface area contributed by atoms with Crippen molar-refractivity contribution < 1.29 is 0 Å². The number of thiophene rings is 1. The maximum atomic E-state index is 12.8. The third-order valence-electron chi connectivity index (χ3n) is 4.71. The summed E-state index contributed by atoms with van der Waals surface area (Å²) in [5.74, 6) is 0.649. The van der Waals surface area contributed by atoms with E-state index in [0.717, 1.165) is 26.9 Å². The van der Waals surface area contributed by atoms with Gasteiger partial charge in [-0.05, 0) is 11.1 Å². The minimum atomic E-state index is -0.175. The lowest BCUT2D eigenvalue weighted by atomic mass is 10.1. The third kappa shape index (κ3) is 2.57. The monoisotopic (exact) mass is 372 g/mol. The second-order valence-corrected chi connectivity index (χ2v) is 7.32. The highest BCUT2D eigenvalue weighted by Gasteiger charge is 2.18. The number of fused-ring (bicyclic) bond motifs is 3. The average Bonchev–Trinajstić information content (AvgIpc) is 3.32. The van der Waals surface area contributed by atoms with Gasteiger partial charge >= 0.3 is 5.69 Å². The Labute approximate surface area is 159 Å². The van der Waals surface area contributed by atoms with Crippen LogP contribution in [0.2, 0.25) is 0 Å². The normalized spacial score (nSPS) is 11.4. The first kappa shape index (κ1) is 16.0. The molecular weight excluding hydrogens is 356 g/mol. The van der Waals surface area contributed by atoms with Crippen LogP contribution in [0.15, 0.2) is 70.8 Å².